The van der Waals surface area contributed by atoms with Gasteiger partial charge in [0, 0.05) is 29.1 Å². The van der Waals surface area contributed by atoms with Crippen molar-refractivity contribution in [1.29, 1.82) is 0 Å². The standard InChI is InChI=1S/C26H28ClN5O4/c1-3-28-23(33)15-21-26-31-30-16(2)32(26)22-12-11-19(36-13-5-4-6-24(34)35)14-20(22)25(29-21)17-7-9-18(27)10-8-17/h7-12,14,21H,3-6,13,15H2,1-2H3,(H,28,33)(H,34,35). The summed E-state index contributed by atoms with van der Waals surface area (Å²) in [5.74, 6) is 0.977. The first-order valence-electron chi connectivity index (χ1n) is 11.9. The number of aryl methyl sites for hydroxylation is 1. The van der Waals surface area contributed by atoms with Crippen molar-refractivity contribution in [2.24, 2.45) is 4.99 Å². The molecule has 4 rings (SSSR count). The molecular weight excluding hydrogens is 482 g/mol. The minimum atomic E-state index is -0.814. The van der Waals surface area contributed by atoms with Gasteiger partial charge in [-0.05, 0) is 57.0 Å². The average Bonchev–Trinajstić information content (AvgIpc) is 3.17. The Morgan fingerprint density at radius 3 is 2.64 bits per heavy atom. The van der Waals surface area contributed by atoms with Crippen LogP contribution in [0.15, 0.2) is 47.5 Å². The highest BCUT2D eigenvalue weighted by molar-refractivity contribution is 6.30. The monoisotopic (exact) mass is 509 g/mol. The molecule has 0 bridgehead atoms. The smallest absolute Gasteiger partial charge is 0.303 e. The van der Waals surface area contributed by atoms with Crippen LogP contribution in [0.5, 0.6) is 5.75 Å². The molecule has 0 fully saturated rings. The number of carbonyl (C=O) groups is 2. The van der Waals surface area contributed by atoms with Gasteiger partial charge >= 0.3 is 5.97 Å². The Hall–Kier alpha value is -3.72. The molecule has 9 nitrogen and oxygen atoms in total. The van der Waals surface area contributed by atoms with Crippen LogP contribution in [0, 0.1) is 6.92 Å². The summed E-state index contributed by atoms with van der Waals surface area (Å²) in [5.41, 5.74) is 3.18. The van der Waals surface area contributed by atoms with Gasteiger partial charge in [-0.25, -0.2) is 0 Å². The van der Waals surface area contributed by atoms with Crippen LogP contribution in [0.25, 0.3) is 5.69 Å². The van der Waals surface area contributed by atoms with E-state index in [0.29, 0.717) is 54.1 Å². The third kappa shape index (κ3) is 5.73. The summed E-state index contributed by atoms with van der Waals surface area (Å²) in [6.07, 6.45) is 1.42. The lowest BCUT2D eigenvalue weighted by molar-refractivity contribution is -0.137. The van der Waals surface area contributed by atoms with Crippen molar-refractivity contribution in [3.8, 4) is 11.4 Å². The number of unbranched alkanes of at least 4 members (excludes halogenated alkanes) is 1. The molecule has 0 radical (unpaired) electrons. The maximum absolute atomic E-state index is 12.6. The molecule has 188 valence electrons. The zero-order valence-corrected chi connectivity index (χ0v) is 21.0. The lowest BCUT2D eigenvalue weighted by atomic mass is 10.00. The predicted molar refractivity (Wildman–Crippen MR) is 136 cm³/mol. The number of nitrogens with one attached hydrogen (secondary N) is 1. The molecule has 1 amide bonds. The lowest BCUT2D eigenvalue weighted by Crippen LogP contribution is -2.25. The van der Waals surface area contributed by atoms with Gasteiger partial charge in [0.15, 0.2) is 5.82 Å². The molecule has 3 aromatic rings. The van der Waals surface area contributed by atoms with Gasteiger partial charge in [0.25, 0.3) is 0 Å². The van der Waals surface area contributed by atoms with Crippen LogP contribution in [0.4, 0.5) is 0 Å². The molecule has 2 N–H and O–H groups in total. The zero-order chi connectivity index (χ0) is 25.7. The normalized spacial score (nSPS) is 14.3. The van der Waals surface area contributed by atoms with Crippen molar-refractivity contribution in [3.05, 3.63) is 70.3 Å². The Morgan fingerprint density at radius 1 is 1.14 bits per heavy atom. The van der Waals surface area contributed by atoms with Crippen LogP contribution in [0.1, 0.15) is 61.4 Å². The second-order valence-corrected chi connectivity index (χ2v) is 8.91. The van der Waals surface area contributed by atoms with Gasteiger partial charge in [-0.15, -0.1) is 10.2 Å². The maximum atomic E-state index is 12.6. The summed E-state index contributed by atoms with van der Waals surface area (Å²) in [4.78, 5) is 28.3. The summed E-state index contributed by atoms with van der Waals surface area (Å²) < 4.78 is 7.88. The Kier molecular flexibility index (Phi) is 8.00. The van der Waals surface area contributed by atoms with Crippen LogP contribution < -0.4 is 10.1 Å². The van der Waals surface area contributed by atoms with Crippen LogP contribution >= 0.6 is 11.6 Å². The van der Waals surface area contributed by atoms with E-state index in [2.05, 4.69) is 15.5 Å². The Morgan fingerprint density at radius 2 is 1.92 bits per heavy atom. The Labute approximate surface area is 214 Å². The minimum absolute atomic E-state index is 0.115. The number of amides is 1. The molecular formula is C26H28ClN5O4. The molecule has 1 aliphatic rings. The highest BCUT2D eigenvalue weighted by Crippen LogP contribution is 2.34. The number of aliphatic imine (C=N–C) groups is 1. The maximum Gasteiger partial charge on any atom is 0.303 e. The van der Waals surface area contributed by atoms with Gasteiger partial charge in [0.1, 0.15) is 17.6 Å². The van der Waals surface area contributed by atoms with Crippen LogP contribution in [-0.4, -0.2) is 50.6 Å². The molecule has 1 unspecified atom stereocenters. The van der Waals surface area contributed by atoms with E-state index in [-0.39, 0.29) is 18.7 Å². The van der Waals surface area contributed by atoms with E-state index in [0.717, 1.165) is 16.8 Å². The first-order chi connectivity index (χ1) is 17.4. The second-order valence-electron chi connectivity index (χ2n) is 8.48. The molecule has 1 atom stereocenters. The van der Waals surface area contributed by atoms with Gasteiger partial charge in [0.05, 0.1) is 24.4 Å². The highest BCUT2D eigenvalue weighted by Gasteiger charge is 2.30. The number of nitrogens with zero attached hydrogens (tertiary/aromatic N) is 4. The van der Waals surface area contributed by atoms with Gasteiger partial charge in [0.2, 0.25) is 5.91 Å². The Bertz CT molecular complexity index is 1290. The summed E-state index contributed by atoms with van der Waals surface area (Å²) in [7, 11) is 0. The van der Waals surface area contributed by atoms with Crippen molar-refractivity contribution in [1.82, 2.24) is 20.1 Å². The summed E-state index contributed by atoms with van der Waals surface area (Å²) in [6, 6.07) is 12.6. The fraction of sp³-hybridized carbons (Fsp3) is 0.346. The highest BCUT2D eigenvalue weighted by atomic mass is 35.5. The van der Waals surface area contributed by atoms with Gasteiger partial charge in [-0.1, -0.05) is 23.7 Å². The van der Waals surface area contributed by atoms with Crippen molar-refractivity contribution in [2.45, 2.75) is 45.6 Å². The molecule has 0 spiro atoms. The average molecular weight is 510 g/mol. The predicted octanol–water partition coefficient (Wildman–Crippen LogP) is 4.28. The number of hydrogen-bond donors (Lipinski definition) is 2. The fourth-order valence-electron chi connectivity index (χ4n) is 4.15. The van der Waals surface area contributed by atoms with E-state index < -0.39 is 12.0 Å². The number of carboxylic acid groups (broad SMARTS) is 1. The summed E-state index contributed by atoms with van der Waals surface area (Å²) in [5, 5.41) is 20.9. The quantitative estimate of drug-likeness (QED) is 0.394. The van der Waals surface area contributed by atoms with Gasteiger partial charge in [-0.2, -0.15) is 0 Å². The number of aromatic nitrogens is 3. The molecule has 0 aliphatic carbocycles. The molecule has 2 aromatic carbocycles. The number of rotatable bonds is 10. The molecule has 2 heterocycles. The topological polar surface area (TPSA) is 119 Å². The third-order valence-electron chi connectivity index (χ3n) is 5.82. The van der Waals surface area contributed by atoms with Gasteiger partial charge in [-0.3, -0.25) is 19.1 Å². The number of carbonyl (C=O) groups excluding carboxylic acids is 1. The zero-order valence-electron chi connectivity index (χ0n) is 20.2. The molecule has 0 saturated carbocycles. The number of carboxylic acids is 1. The summed E-state index contributed by atoms with van der Waals surface area (Å²) >= 11 is 6.15. The summed E-state index contributed by atoms with van der Waals surface area (Å²) in [6.45, 7) is 4.66. The van der Waals surface area contributed by atoms with E-state index in [9.17, 15) is 9.59 Å². The largest absolute Gasteiger partial charge is 0.494 e. The molecule has 36 heavy (non-hydrogen) atoms. The molecule has 0 saturated heterocycles. The number of hydrogen-bond acceptors (Lipinski definition) is 6. The van der Waals surface area contributed by atoms with E-state index in [1.807, 2.05) is 48.7 Å². The SMILES string of the molecule is CCNC(=O)CC1N=C(c2ccc(Cl)cc2)c2cc(OCCCCC(=O)O)ccc2-n2c(C)nnc21. The van der Waals surface area contributed by atoms with Crippen molar-refractivity contribution in [2.75, 3.05) is 13.2 Å². The fourth-order valence-corrected chi connectivity index (χ4v) is 4.28. The Balaban J connectivity index is 1.77. The minimum Gasteiger partial charge on any atom is -0.494 e. The first kappa shape index (κ1) is 25.4. The van der Waals surface area contributed by atoms with Crippen molar-refractivity contribution < 1.29 is 19.4 Å². The second kappa shape index (κ2) is 11.3. The third-order valence-corrected chi connectivity index (χ3v) is 6.07. The van der Waals surface area contributed by atoms with Gasteiger partial charge < -0.3 is 15.2 Å². The van der Waals surface area contributed by atoms with Crippen LogP contribution in [-0.2, 0) is 9.59 Å². The van der Waals surface area contributed by atoms with E-state index >= 15 is 0 Å². The number of benzene rings is 2. The first-order valence-corrected chi connectivity index (χ1v) is 12.3. The van der Waals surface area contributed by atoms with Crippen LogP contribution in [0.2, 0.25) is 5.02 Å². The number of halogens is 1. The number of ether oxygens (including phenoxy) is 1. The lowest BCUT2D eigenvalue weighted by Gasteiger charge is -2.15. The molecule has 1 aliphatic heterocycles. The molecule has 10 heteroatoms. The van der Waals surface area contributed by atoms with E-state index in [1.165, 1.54) is 0 Å². The number of aliphatic carboxylic acids is 1. The number of fused-ring (bicyclic) bond motifs is 3. The van der Waals surface area contributed by atoms with Crippen molar-refractivity contribution in [3.63, 3.8) is 0 Å². The van der Waals surface area contributed by atoms with E-state index in [4.69, 9.17) is 26.4 Å². The molecule has 1 aromatic heterocycles. The van der Waals surface area contributed by atoms with Crippen molar-refractivity contribution >= 4 is 29.2 Å². The van der Waals surface area contributed by atoms with Crippen LogP contribution in [0.3, 0.4) is 0 Å². The van der Waals surface area contributed by atoms with E-state index in [1.54, 1.807) is 12.1 Å².